The van der Waals surface area contributed by atoms with Crippen LogP contribution in [0.5, 0.6) is 0 Å². The second-order valence-corrected chi connectivity index (χ2v) is 5.43. The molecular weight excluding hydrogens is 364 g/mol. The van der Waals surface area contributed by atoms with Gasteiger partial charge in [-0.2, -0.15) is 0 Å². The number of benzene rings is 1. The van der Waals surface area contributed by atoms with Crippen molar-refractivity contribution in [2.75, 3.05) is 13.1 Å². The maximum absolute atomic E-state index is 11.8. The van der Waals surface area contributed by atoms with Crippen molar-refractivity contribution in [1.82, 2.24) is 10.6 Å². The Bertz CT molecular complexity index is 475. The molecule has 2 amide bonds. The minimum absolute atomic E-state index is 0.0690. The molecule has 4 nitrogen and oxygen atoms in total. The van der Waals surface area contributed by atoms with E-state index in [4.69, 9.17) is 0 Å². The summed E-state index contributed by atoms with van der Waals surface area (Å²) < 4.78 is 1.37. The third kappa shape index (κ3) is 5.01. The molecule has 0 radical (unpaired) electrons. The van der Waals surface area contributed by atoms with E-state index in [1.165, 1.54) is 0 Å². The van der Waals surface area contributed by atoms with Crippen LogP contribution in [0.3, 0.4) is 0 Å². The van der Waals surface area contributed by atoms with Crippen LogP contribution in [0, 0.1) is 0 Å². The first-order chi connectivity index (χ1) is 8.50. The summed E-state index contributed by atoms with van der Waals surface area (Å²) in [6.07, 6.45) is 0. The predicted molar refractivity (Wildman–Crippen MR) is 77.6 cm³/mol. The van der Waals surface area contributed by atoms with Crippen molar-refractivity contribution in [3.63, 3.8) is 0 Å². The van der Waals surface area contributed by atoms with Gasteiger partial charge in [-0.15, -0.1) is 0 Å². The first-order valence-corrected chi connectivity index (χ1v) is 6.72. The lowest BCUT2D eigenvalue weighted by molar-refractivity contribution is -0.119. The van der Waals surface area contributed by atoms with E-state index in [-0.39, 0.29) is 18.4 Å². The molecule has 1 aromatic rings. The van der Waals surface area contributed by atoms with E-state index in [1.54, 1.807) is 18.2 Å². The third-order valence-corrected chi connectivity index (χ3v) is 2.98. The van der Waals surface area contributed by atoms with Crippen molar-refractivity contribution < 1.29 is 9.59 Å². The average molecular weight is 376 g/mol. The normalized spacial score (nSPS) is 9.67. The summed E-state index contributed by atoms with van der Waals surface area (Å²) in [5, 5.41) is 5.13. The van der Waals surface area contributed by atoms with E-state index >= 15 is 0 Å². The molecule has 0 aliphatic rings. The van der Waals surface area contributed by atoms with Crippen LogP contribution in [0.25, 0.3) is 0 Å². The molecule has 1 aromatic carbocycles. The number of halogens is 2. The molecule has 0 heterocycles. The van der Waals surface area contributed by atoms with Gasteiger partial charge in [-0.1, -0.05) is 34.6 Å². The van der Waals surface area contributed by atoms with Gasteiger partial charge in [0.1, 0.15) is 0 Å². The highest BCUT2D eigenvalue weighted by Crippen LogP contribution is 2.15. The van der Waals surface area contributed by atoms with Crippen LogP contribution >= 0.6 is 31.9 Å². The lowest BCUT2D eigenvalue weighted by atomic mass is 10.2. The number of amides is 2. The zero-order chi connectivity index (χ0) is 13.5. The van der Waals surface area contributed by atoms with E-state index in [2.05, 4.69) is 49.1 Å². The summed E-state index contributed by atoms with van der Waals surface area (Å²) in [5.41, 5.74) is 0.496. The lowest BCUT2D eigenvalue weighted by Crippen LogP contribution is -2.37. The minimum atomic E-state index is -0.296. The highest BCUT2D eigenvalue weighted by atomic mass is 79.9. The van der Waals surface area contributed by atoms with Gasteiger partial charge in [-0.25, -0.2) is 0 Å². The highest BCUT2D eigenvalue weighted by Gasteiger charge is 2.10. The summed E-state index contributed by atoms with van der Waals surface area (Å²) in [7, 11) is 0. The molecule has 0 aromatic heterocycles. The SMILES string of the molecule is C=C(Br)CNC(=O)CNC(=O)c1ccccc1Br. The summed E-state index contributed by atoms with van der Waals surface area (Å²) in [4.78, 5) is 23.1. The van der Waals surface area contributed by atoms with E-state index in [0.29, 0.717) is 21.1 Å². The molecule has 0 aliphatic carbocycles. The molecule has 0 spiro atoms. The highest BCUT2D eigenvalue weighted by molar-refractivity contribution is 9.11. The molecule has 0 bridgehead atoms. The number of carbonyl (C=O) groups excluding carboxylic acids is 2. The number of hydrogen-bond donors (Lipinski definition) is 2. The third-order valence-electron chi connectivity index (χ3n) is 2.01. The molecule has 0 fully saturated rings. The largest absolute Gasteiger partial charge is 0.350 e. The Balaban J connectivity index is 2.45. The fraction of sp³-hybridized carbons (Fsp3) is 0.167. The van der Waals surface area contributed by atoms with Crippen LogP contribution in [0.4, 0.5) is 0 Å². The van der Waals surface area contributed by atoms with Gasteiger partial charge < -0.3 is 10.6 Å². The van der Waals surface area contributed by atoms with E-state index in [1.807, 2.05) is 6.07 Å². The average Bonchev–Trinajstić information content (AvgIpc) is 2.34. The van der Waals surface area contributed by atoms with Crippen molar-refractivity contribution in [2.24, 2.45) is 0 Å². The molecule has 0 atom stereocenters. The van der Waals surface area contributed by atoms with Gasteiger partial charge in [0.25, 0.3) is 5.91 Å². The molecule has 2 N–H and O–H groups in total. The summed E-state index contributed by atoms with van der Waals surface area (Å²) >= 11 is 6.40. The second kappa shape index (κ2) is 7.33. The van der Waals surface area contributed by atoms with Crippen LogP contribution in [0.2, 0.25) is 0 Å². The smallest absolute Gasteiger partial charge is 0.252 e. The van der Waals surface area contributed by atoms with Crippen molar-refractivity contribution in [3.05, 3.63) is 45.4 Å². The number of rotatable bonds is 5. The van der Waals surface area contributed by atoms with E-state index in [0.717, 1.165) is 0 Å². The first kappa shape index (κ1) is 14.9. The first-order valence-electron chi connectivity index (χ1n) is 5.13. The maximum Gasteiger partial charge on any atom is 0.252 e. The van der Waals surface area contributed by atoms with E-state index in [9.17, 15) is 9.59 Å². The van der Waals surface area contributed by atoms with Gasteiger partial charge in [-0.3, -0.25) is 9.59 Å². The predicted octanol–water partition coefficient (Wildman–Crippen LogP) is 2.20. The molecule has 0 saturated heterocycles. The lowest BCUT2D eigenvalue weighted by Gasteiger charge is -2.07. The zero-order valence-corrected chi connectivity index (χ0v) is 12.7. The van der Waals surface area contributed by atoms with E-state index < -0.39 is 0 Å². The van der Waals surface area contributed by atoms with Gasteiger partial charge >= 0.3 is 0 Å². The number of hydrogen-bond acceptors (Lipinski definition) is 2. The fourth-order valence-electron chi connectivity index (χ4n) is 1.16. The molecule has 0 saturated carbocycles. The van der Waals surface area contributed by atoms with Crippen LogP contribution in [-0.4, -0.2) is 24.9 Å². The zero-order valence-electron chi connectivity index (χ0n) is 9.50. The Morgan fingerprint density at radius 1 is 1.17 bits per heavy atom. The Hall–Kier alpha value is -1.14. The van der Waals surface area contributed by atoms with Crippen LogP contribution in [0.1, 0.15) is 10.4 Å². The van der Waals surface area contributed by atoms with Gasteiger partial charge in [0.05, 0.1) is 12.1 Å². The molecule has 1 rings (SSSR count). The van der Waals surface area contributed by atoms with Crippen LogP contribution in [-0.2, 0) is 4.79 Å². The van der Waals surface area contributed by atoms with Crippen molar-refractivity contribution in [1.29, 1.82) is 0 Å². The quantitative estimate of drug-likeness (QED) is 0.828. The number of carbonyl (C=O) groups is 2. The topological polar surface area (TPSA) is 58.2 Å². The van der Waals surface area contributed by atoms with Gasteiger partial charge in [-0.05, 0) is 28.1 Å². The Morgan fingerprint density at radius 3 is 2.44 bits per heavy atom. The van der Waals surface area contributed by atoms with Gasteiger partial charge in [0.2, 0.25) is 5.91 Å². The van der Waals surface area contributed by atoms with Crippen molar-refractivity contribution >= 4 is 43.7 Å². The molecule has 96 valence electrons. The Morgan fingerprint density at radius 2 is 1.83 bits per heavy atom. The Labute approximate surface area is 122 Å². The maximum atomic E-state index is 11.8. The van der Waals surface area contributed by atoms with Crippen molar-refractivity contribution in [3.8, 4) is 0 Å². The van der Waals surface area contributed by atoms with Crippen molar-refractivity contribution in [2.45, 2.75) is 0 Å². The van der Waals surface area contributed by atoms with Gasteiger partial charge in [0.15, 0.2) is 0 Å². The summed E-state index contributed by atoms with van der Waals surface area (Å²) in [6.45, 7) is 3.86. The molecular formula is C12H12Br2N2O2. The standard InChI is InChI=1S/C12H12Br2N2O2/c1-8(13)6-15-11(17)7-16-12(18)9-4-2-3-5-10(9)14/h2-5H,1,6-7H2,(H,15,17)(H,16,18). The fourth-order valence-corrected chi connectivity index (χ4v) is 1.76. The Kier molecular flexibility index (Phi) is 6.07. The molecule has 18 heavy (non-hydrogen) atoms. The summed E-state index contributed by atoms with van der Waals surface area (Å²) in [5.74, 6) is -0.564. The monoisotopic (exact) mass is 374 g/mol. The van der Waals surface area contributed by atoms with Crippen LogP contribution < -0.4 is 10.6 Å². The summed E-state index contributed by atoms with van der Waals surface area (Å²) in [6, 6.07) is 7.02. The molecule has 0 unspecified atom stereocenters. The van der Waals surface area contributed by atoms with Crippen LogP contribution in [0.15, 0.2) is 39.8 Å². The molecule has 6 heteroatoms. The number of nitrogens with one attached hydrogen (secondary N) is 2. The van der Waals surface area contributed by atoms with Gasteiger partial charge in [0, 0.05) is 15.5 Å². The molecule has 0 aliphatic heterocycles. The second-order valence-electron chi connectivity index (χ2n) is 3.46. The minimum Gasteiger partial charge on any atom is -0.350 e.